The fourth-order valence-corrected chi connectivity index (χ4v) is 2.73. The van der Waals surface area contributed by atoms with Crippen molar-refractivity contribution in [1.82, 2.24) is 5.32 Å². The summed E-state index contributed by atoms with van der Waals surface area (Å²) < 4.78 is 0. The van der Waals surface area contributed by atoms with E-state index in [-0.39, 0.29) is 5.91 Å². The van der Waals surface area contributed by atoms with Crippen LogP contribution >= 0.6 is 0 Å². The van der Waals surface area contributed by atoms with Crippen molar-refractivity contribution in [2.75, 3.05) is 11.4 Å². The van der Waals surface area contributed by atoms with Gasteiger partial charge in [-0.05, 0) is 30.2 Å². The molecule has 3 rings (SSSR count). The maximum absolute atomic E-state index is 12.9. The van der Waals surface area contributed by atoms with Crippen LogP contribution in [-0.2, 0) is 4.79 Å². The molecule has 2 aromatic carbocycles. The molecule has 1 amide bonds. The Labute approximate surface area is 148 Å². The van der Waals surface area contributed by atoms with Gasteiger partial charge in [0.1, 0.15) is 5.70 Å². The lowest BCUT2D eigenvalue weighted by Gasteiger charge is -2.15. The Morgan fingerprint density at radius 3 is 2.36 bits per heavy atom. The van der Waals surface area contributed by atoms with Gasteiger partial charge in [0.2, 0.25) is 5.96 Å². The molecule has 1 N–H and O–H groups in total. The van der Waals surface area contributed by atoms with E-state index in [9.17, 15) is 4.79 Å². The van der Waals surface area contributed by atoms with Crippen LogP contribution in [0.5, 0.6) is 0 Å². The second-order valence-corrected chi connectivity index (χ2v) is 5.98. The molecule has 4 heteroatoms. The Bertz CT molecular complexity index is 766. The highest BCUT2D eigenvalue weighted by molar-refractivity contribution is 6.29. The van der Waals surface area contributed by atoms with Crippen molar-refractivity contribution >= 4 is 23.6 Å². The summed E-state index contributed by atoms with van der Waals surface area (Å²) in [5.74, 6) is 0.527. The Morgan fingerprint density at radius 2 is 1.68 bits per heavy atom. The van der Waals surface area contributed by atoms with Crippen molar-refractivity contribution in [3.8, 4) is 0 Å². The second kappa shape index (κ2) is 8.29. The van der Waals surface area contributed by atoms with Crippen LogP contribution in [0.3, 0.4) is 0 Å². The molecule has 1 heterocycles. The topological polar surface area (TPSA) is 44.7 Å². The van der Waals surface area contributed by atoms with Crippen LogP contribution in [0.15, 0.2) is 71.4 Å². The van der Waals surface area contributed by atoms with Gasteiger partial charge < -0.3 is 5.32 Å². The molecule has 128 valence electrons. The Morgan fingerprint density at radius 1 is 1.00 bits per heavy atom. The van der Waals surface area contributed by atoms with E-state index in [2.05, 4.69) is 17.2 Å². The van der Waals surface area contributed by atoms with Gasteiger partial charge in [-0.1, -0.05) is 68.3 Å². The molecular weight excluding hydrogens is 310 g/mol. The number of nitrogens with zero attached hydrogens (tertiary/aromatic N) is 2. The number of unbranched alkanes of at least 4 members (excludes halogenated alkanes) is 2. The van der Waals surface area contributed by atoms with Crippen molar-refractivity contribution < 1.29 is 4.79 Å². The largest absolute Gasteiger partial charge is 0.321 e. The highest BCUT2D eigenvalue weighted by atomic mass is 16.2. The molecule has 0 aliphatic carbocycles. The third kappa shape index (κ3) is 4.15. The van der Waals surface area contributed by atoms with Gasteiger partial charge in [0.15, 0.2) is 0 Å². The van der Waals surface area contributed by atoms with E-state index in [4.69, 9.17) is 0 Å². The van der Waals surface area contributed by atoms with Crippen molar-refractivity contribution in [2.24, 2.45) is 4.99 Å². The van der Waals surface area contributed by atoms with E-state index in [1.807, 2.05) is 66.7 Å². The standard InChI is InChI=1S/C21H23N3O/c1-2-3-10-15-22-21-23-19(16-17-11-6-4-7-12-17)20(25)24(21)18-13-8-5-9-14-18/h4-9,11-14,16H,2-3,10,15H2,1H3,(H,22,23)/b19-16+. The predicted octanol–water partition coefficient (Wildman–Crippen LogP) is 4.21. The number of carbonyl (C=O) groups is 1. The van der Waals surface area contributed by atoms with Crippen LogP contribution in [0, 0.1) is 0 Å². The maximum Gasteiger partial charge on any atom is 0.281 e. The Balaban J connectivity index is 1.89. The summed E-state index contributed by atoms with van der Waals surface area (Å²) >= 11 is 0. The summed E-state index contributed by atoms with van der Waals surface area (Å²) in [6.45, 7) is 2.88. The number of carbonyl (C=O) groups excluding carboxylic acids is 1. The molecule has 1 fully saturated rings. The zero-order valence-electron chi connectivity index (χ0n) is 14.5. The average Bonchev–Trinajstić information content (AvgIpc) is 2.96. The third-order valence-corrected chi connectivity index (χ3v) is 4.04. The minimum atomic E-state index is -0.0794. The zero-order chi connectivity index (χ0) is 17.5. The summed E-state index contributed by atoms with van der Waals surface area (Å²) in [4.78, 5) is 19.2. The van der Waals surface area contributed by atoms with Gasteiger partial charge in [-0.25, -0.2) is 4.90 Å². The molecule has 1 saturated heterocycles. The first-order valence-electron chi connectivity index (χ1n) is 8.77. The lowest BCUT2D eigenvalue weighted by Crippen LogP contribution is -2.32. The molecule has 0 saturated carbocycles. The van der Waals surface area contributed by atoms with Crippen molar-refractivity contribution in [3.05, 3.63) is 71.9 Å². The first kappa shape index (κ1) is 17.0. The molecule has 4 nitrogen and oxygen atoms in total. The number of hydrogen-bond acceptors (Lipinski definition) is 2. The van der Waals surface area contributed by atoms with Crippen LogP contribution in [0.2, 0.25) is 0 Å². The number of para-hydroxylation sites is 1. The predicted molar refractivity (Wildman–Crippen MR) is 103 cm³/mol. The number of anilines is 1. The van der Waals surface area contributed by atoms with Gasteiger partial charge in [-0.15, -0.1) is 0 Å². The fraction of sp³-hybridized carbons (Fsp3) is 0.238. The van der Waals surface area contributed by atoms with Gasteiger partial charge in [0.25, 0.3) is 5.91 Å². The zero-order valence-corrected chi connectivity index (χ0v) is 14.5. The molecule has 0 atom stereocenters. The number of aliphatic imine (C=N–C) groups is 1. The first-order valence-corrected chi connectivity index (χ1v) is 8.77. The number of hydrogen-bond donors (Lipinski definition) is 1. The van der Waals surface area contributed by atoms with Crippen LogP contribution in [0.25, 0.3) is 6.08 Å². The summed E-state index contributed by atoms with van der Waals surface area (Å²) in [5, 5.41) is 3.20. The number of rotatable bonds is 6. The molecule has 0 bridgehead atoms. The average molecular weight is 333 g/mol. The number of benzene rings is 2. The molecule has 0 aromatic heterocycles. The van der Waals surface area contributed by atoms with E-state index in [0.29, 0.717) is 18.2 Å². The van der Waals surface area contributed by atoms with Gasteiger partial charge >= 0.3 is 0 Å². The minimum absolute atomic E-state index is 0.0794. The molecule has 0 radical (unpaired) electrons. The minimum Gasteiger partial charge on any atom is -0.321 e. The first-order chi connectivity index (χ1) is 12.3. The van der Waals surface area contributed by atoms with Crippen LogP contribution in [0.1, 0.15) is 31.7 Å². The Kier molecular flexibility index (Phi) is 5.62. The van der Waals surface area contributed by atoms with Gasteiger partial charge in [0, 0.05) is 6.54 Å². The van der Waals surface area contributed by atoms with Crippen LogP contribution in [-0.4, -0.2) is 18.4 Å². The quantitative estimate of drug-likeness (QED) is 0.636. The third-order valence-electron chi connectivity index (χ3n) is 4.04. The van der Waals surface area contributed by atoms with Gasteiger partial charge in [0.05, 0.1) is 5.69 Å². The second-order valence-electron chi connectivity index (χ2n) is 5.98. The number of nitrogens with one attached hydrogen (secondary N) is 1. The van der Waals surface area contributed by atoms with Gasteiger partial charge in [-0.3, -0.25) is 9.79 Å². The fourth-order valence-electron chi connectivity index (χ4n) is 2.73. The molecule has 2 aromatic rings. The maximum atomic E-state index is 12.9. The van der Waals surface area contributed by atoms with Crippen molar-refractivity contribution in [1.29, 1.82) is 0 Å². The monoisotopic (exact) mass is 333 g/mol. The van der Waals surface area contributed by atoms with E-state index >= 15 is 0 Å². The molecule has 0 spiro atoms. The molecule has 1 aliphatic rings. The van der Waals surface area contributed by atoms with Crippen LogP contribution in [0.4, 0.5) is 5.69 Å². The van der Waals surface area contributed by atoms with E-state index < -0.39 is 0 Å². The van der Waals surface area contributed by atoms with Crippen LogP contribution < -0.4 is 10.2 Å². The van der Waals surface area contributed by atoms with Crippen molar-refractivity contribution in [3.63, 3.8) is 0 Å². The lowest BCUT2D eigenvalue weighted by molar-refractivity contribution is -0.113. The molecule has 0 unspecified atom stereocenters. The molecule has 25 heavy (non-hydrogen) atoms. The normalized spacial score (nSPS) is 17.3. The molecular formula is C21H23N3O. The van der Waals surface area contributed by atoms with E-state index in [1.54, 1.807) is 4.90 Å². The van der Waals surface area contributed by atoms with E-state index in [0.717, 1.165) is 30.5 Å². The highest BCUT2D eigenvalue weighted by Gasteiger charge is 2.32. The SMILES string of the molecule is CCCCCN=C1N/C(=C/c2ccccc2)C(=O)N1c1ccccc1. The van der Waals surface area contributed by atoms with E-state index in [1.165, 1.54) is 0 Å². The highest BCUT2D eigenvalue weighted by Crippen LogP contribution is 2.22. The summed E-state index contributed by atoms with van der Waals surface area (Å²) in [6, 6.07) is 19.5. The van der Waals surface area contributed by atoms with Gasteiger partial charge in [-0.2, -0.15) is 0 Å². The summed E-state index contributed by atoms with van der Waals surface area (Å²) in [7, 11) is 0. The molecule has 1 aliphatic heterocycles. The Hall–Kier alpha value is -2.88. The smallest absolute Gasteiger partial charge is 0.281 e. The summed E-state index contributed by atoms with van der Waals surface area (Å²) in [6.07, 6.45) is 5.19. The van der Waals surface area contributed by atoms with Crippen molar-refractivity contribution in [2.45, 2.75) is 26.2 Å². The lowest BCUT2D eigenvalue weighted by atomic mass is 10.2. The number of guanidine groups is 1. The number of amides is 1. The summed E-state index contributed by atoms with van der Waals surface area (Å²) in [5.41, 5.74) is 2.36.